The van der Waals surface area contributed by atoms with E-state index >= 15 is 0 Å². The Hall–Kier alpha value is -3.42. The summed E-state index contributed by atoms with van der Waals surface area (Å²) in [5, 5.41) is 7.90. The van der Waals surface area contributed by atoms with Crippen LogP contribution in [-0.2, 0) is 9.68 Å². The molecule has 0 aliphatic heterocycles. The third kappa shape index (κ3) is 30.3. The van der Waals surface area contributed by atoms with Crippen molar-refractivity contribution in [2.24, 2.45) is 10.3 Å². The van der Waals surface area contributed by atoms with Gasteiger partial charge in [-0.25, -0.2) is 0 Å². The van der Waals surface area contributed by atoms with E-state index in [-0.39, 0.29) is 0 Å². The van der Waals surface area contributed by atoms with Crippen LogP contribution in [0.5, 0.6) is 23.0 Å². The van der Waals surface area contributed by atoms with Crippen LogP contribution in [0.25, 0.3) is 0 Å². The van der Waals surface area contributed by atoms with Crippen molar-refractivity contribution in [3.63, 3.8) is 0 Å². The van der Waals surface area contributed by atoms with Crippen molar-refractivity contribution in [2.75, 3.05) is 40.6 Å². The predicted molar refractivity (Wildman–Crippen MR) is 249 cm³/mol. The number of hydrogen-bond donors (Lipinski definition) is 0. The normalized spacial score (nSPS) is 11.5. The third-order valence-corrected chi connectivity index (χ3v) is 10.8. The third-order valence-electron chi connectivity index (χ3n) is 10.8. The van der Waals surface area contributed by atoms with Crippen LogP contribution in [0.2, 0.25) is 0 Å². The Balaban J connectivity index is 1.63. The van der Waals surface area contributed by atoms with Crippen molar-refractivity contribution >= 4 is 12.4 Å². The van der Waals surface area contributed by atoms with Crippen LogP contribution in [0.4, 0.5) is 0 Å². The first kappa shape index (κ1) is 51.7. The Morgan fingerprint density at radius 2 is 0.542 bits per heavy atom. The molecule has 8 heteroatoms. The molecule has 2 aromatic rings. The first-order valence-electron chi connectivity index (χ1n) is 24.1. The lowest BCUT2D eigenvalue weighted by molar-refractivity contribution is 0.215. The number of oxime groups is 2. The molecule has 0 heterocycles. The highest BCUT2D eigenvalue weighted by Crippen LogP contribution is 2.25. The van der Waals surface area contributed by atoms with E-state index in [4.69, 9.17) is 28.6 Å². The first-order valence-corrected chi connectivity index (χ1v) is 24.1. The molecule has 8 nitrogen and oxygen atoms in total. The van der Waals surface area contributed by atoms with Crippen molar-refractivity contribution in [3.05, 3.63) is 47.5 Å². The first-order chi connectivity index (χ1) is 29.2. The summed E-state index contributed by atoms with van der Waals surface area (Å²) in [4.78, 5) is 9.84. The van der Waals surface area contributed by atoms with Gasteiger partial charge in [-0.2, -0.15) is 0 Å². The lowest BCUT2D eigenvalue weighted by Gasteiger charge is -2.12. The number of hydrogen-bond acceptors (Lipinski definition) is 8. The van der Waals surface area contributed by atoms with E-state index < -0.39 is 0 Å². The van der Waals surface area contributed by atoms with E-state index in [1.165, 1.54) is 154 Å². The molecule has 2 aromatic carbocycles. The molecule has 0 amide bonds. The van der Waals surface area contributed by atoms with E-state index in [1.54, 1.807) is 26.6 Å². The molecule has 0 saturated carbocycles. The molecule has 59 heavy (non-hydrogen) atoms. The van der Waals surface area contributed by atoms with Crippen molar-refractivity contribution in [3.8, 4) is 23.0 Å². The maximum atomic E-state index is 6.16. The Labute approximate surface area is 361 Å². The second-order valence-electron chi connectivity index (χ2n) is 16.2. The number of benzene rings is 2. The van der Waals surface area contributed by atoms with Crippen LogP contribution < -0.4 is 18.9 Å². The average molecular weight is 823 g/mol. The van der Waals surface area contributed by atoms with Gasteiger partial charge in [-0.05, 0) is 56.4 Å². The van der Waals surface area contributed by atoms with Gasteiger partial charge in [0.25, 0.3) is 0 Å². The summed E-state index contributed by atoms with van der Waals surface area (Å²) < 4.78 is 24.6. The van der Waals surface area contributed by atoms with Gasteiger partial charge in [0, 0.05) is 23.3 Å². The summed E-state index contributed by atoms with van der Waals surface area (Å²) in [6, 6.07) is 11.9. The Bertz CT molecular complexity index is 1200. The summed E-state index contributed by atoms with van der Waals surface area (Å²) >= 11 is 0. The number of unbranched alkanes of at least 4 members (excludes halogenated alkanes) is 26. The van der Waals surface area contributed by atoms with Gasteiger partial charge in [0.2, 0.25) is 0 Å². The predicted octanol–water partition coefficient (Wildman–Crippen LogP) is 15.2. The van der Waals surface area contributed by atoms with E-state index in [9.17, 15) is 0 Å². The molecule has 2 rings (SSSR count). The van der Waals surface area contributed by atoms with Crippen LogP contribution in [0.15, 0.2) is 46.7 Å². The SMILES string of the molecule is CCCCCCCCCCCCCCCOc1cc(C=NOC)cc(OCCCCCOc2cc(C=NOC)cc(OCCCCCCCCCCCCCCC)c2)c1. The molecular weight excluding hydrogens is 737 g/mol. The van der Waals surface area contributed by atoms with Crippen LogP contribution in [0.1, 0.15) is 211 Å². The van der Waals surface area contributed by atoms with Gasteiger partial charge in [0.1, 0.15) is 37.2 Å². The van der Waals surface area contributed by atoms with Crippen molar-refractivity contribution in [2.45, 2.75) is 200 Å². The van der Waals surface area contributed by atoms with Crippen molar-refractivity contribution < 1.29 is 28.6 Å². The van der Waals surface area contributed by atoms with E-state index in [2.05, 4.69) is 24.2 Å². The number of rotatable bonds is 42. The highest BCUT2D eigenvalue weighted by molar-refractivity contribution is 5.81. The smallest absolute Gasteiger partial charge is 0.123 e. The van der Waals surface area contributed by atoms with Gasteiger partial charge in [0.05, 0.1) is 38.9 Å². The van der Waals surface area contributed by atoms with Gasteiger partial charge in [-0.1, -0.05) is 178 Å². The molecule has 0 atom stereocenters. The molecule has 0 aromatic heterocycles. The standard InChI is InChI=1S/C51H86N2O6/c1-5-7-9-11-13-15-17-19-21-23-25-27-30-34-56-48-38-46(44-52-54-3)40-50(42-48)58-36-32-29-33-37-59-51-41-47(45-53-55-4)39-49(43-51)57-35-31-28-26-24-22-20-18-16-14-12-10-8-6-2/h38-45H,5-37H2,1-4H3. The number of nitrogens with zero attached hydrogens (tertiary/aromatic N) is 2. The van der Waals surface area contributed by atoms with E-state index in [0.29, 0.717) is 26.4 Å². The largest absolute Gasteiger partial charge is 0.493 e. The quantitative estimate of drug-likeness (QED) is 0.0377. The lowest BCUT2D eigenvalue weighted by Crippen LogP contribution is -2.03. The van der Waals surface area contributed by atoms with Gasteiger partial charge < -0.3 is 28.6 Å². The minimum absolute atomic E-state index is 0.614. The fraction of sp³-hybridized carbons (Fsp3) is 0.725. The maximum absolute atomic E-state index is 6.16. The summed E-state index contributed by atoms with van der Waals surface area (Å²) in [6.07, 6.45) is 41.0. The molecule has 0 aliphatic carbocycles. The molecule has 0 fully saturated rings. The van der Waals surface area contributed by atoms with Gasteiger partial charge in [-0.15, -0.1) is 0 Å². The van der Waals surface area contributed by atoms with Crippen LogP contribution in [0.3, 0.4) is 0 Å². The minimum atomic E-state index is 0.614. The fourth-order valence-corrected chi connectivity index (χ4v) is 7.28. The highest BCUT2D eigenvalue weighted by atomic mass is 16.6. The molecule has 0 N–H and O–H groups in total. The van der Waals surface area contributed by atoms with Crippen molar-refractivity contribution in [1.82, 2.24) is 0 Å². The Morgan fingerprint density at radius 1 is 0.322 bits per heavy atom. The topological polar surface area (TPSA) is 80.1 Å². The minimum Gasteiger partial charge on any atom is -0.493 e. The van der Waals surface area contributed by atoms with Crippen LogP contribution in [-0.4, -0.2) is 53.1 Å². The molecule has 0 aliphatic rings. The molecule has 0 saturated heterocycles. The molecule has 0 unspecified atom stereocenters. The summed E-state index contributed by atoms with van der Waals surface area (Å²) in [6.45, 7) is 7.21. The van der Waals surface area contributed by atoms with Crippen LogP contribution >= 0.6 is 0 Å². The molecule has 0 radical (unpaired) electrons. The number of ether oxygens (including phenoxy) is 4. The zero-order valence-electron chi connectivity index (χ0n) is 38.3. The second-order valence-corrected chi connectivity index (χ2v) is 16.2. The summed E-state index contributed by atoms with van der Waals surface area (Å²) in [5.41, 5.74) is 1.78. The van der Waals surface area contributed by atoms with Gasteiger partial charge >= 0.3 is 0 Å². The Morgan fingerprint density at radius 3 is 0.780 bits per heavy atom. The fourth-order valence-electron chi connectivity index (χ4n) is 7.28. The summed E-state index contributed by atoms with van der Waals surface area (Å²) in [5.74, 6) is 3.17. The second kappa shape index (κ2) is 38.8. The monoisotopic (exact) mass is 823 g/mol. The highest BCUT2D eigenvalue weighted by Gasteiger charge is 2.06. The average Bonchev–Trinajstić information content (AvgIpc) is 3.24. The molecule has 0 spiro atoms. The van der Waals surface area contributed by atoms with Gasteiger partial charge in [0.15, 0.2) is 0 Å². The van der Waals surface area contributed by atoms with Crippen molar-refractivity contribution in [1.29, 1.82) is 0 Å². The van der Waals surface area contributed by atoms with E-state index in [1.807, 2.05) is 36.4 Å². The summed E-state index contributed by atoms with van der Waals surface area (Å²) in [7, 11) is 3.10. The zero-order chi connectivity index (χ0) is 42.1. The van der Waals surface area contributed by atoms with Gasteiger partial charge in [-0.3, -0.25) is 0 Å². The lowest BCUT2D eigenvalue weighted by atomic mass is 10.0. The van der Waals surface area contributed by atoms with Crippen LogP contribution in [0, 0.1) is 0 Å². The maximum Gasteiger partial charge on any atom is 0.123 e. The molecule has 0 bridgehead atoms. The Kier molecular flexibility index (Phi) is 34.0. The zero-order valence-corrected chi connectivity index (χ0v) is 38.3. The molecular formula is C51H86N2O6. The molecule has 336 valence electrons. The van der Waals surface area contributed by atoms with E-state index in [0.717, 1.165) is 66.2 Å².